The number of amides is 1. The SMILES string of the molecule is Cc1ccc(-c2nc(CC(=O)Nc3ccc(S(=O)(=O)N(C)C)cc3)cs2)cc1. The molecule has 0 fully saturated rings. The van der Waals surface area contributed by atoms with Crippen molar-refractivity contribution in [2.75, 3.05) is 19.4 Å². The van der Waals surface area contributed by atoms with Crippen LogP contribution in [0.15, 0.2) is 58.8 Å². The van der Waals surface area contributed by atoms with Gasteiger partial charge in [0.05, 0.1) is 17.0 Å². The predicted octanol–water partition coefficient (Wildman–Crippen LogP) is 3.55. The Morgan fingerprint density at radius 2 is 1.71 bits per heavy atom. The molecule has 0 bridgehead atoms. The summed E-state index contributed by atoms with van der Waals surface area (Å²) in [5, 5.41) is 5.52. The summed E-state index contributed by atoms with van der Waals surface area (Å²) in [6, 6.07) is 14.2. The highest BCUT2D eigenvalue weighted by molar-refractivity contribution is 7.89. The summed E-state index contributed by atoms with van der Waals surface area (Å²) in [4.78, 5) is 17.0. The molecule has 1 aromatic heterocycles. The molecule has 0 saturated heterocycles. The molecule has 0 spiro atoms. The summed E-state index contributed by atoms with van der Waals surface area (Å²) in [6.45, 7) is 2.03. The average molecular weight is 416 g/mol. The van der Waals surface area contributed by atoms with E-state index in [1.54, 1.807) is 12.1 Å². The monoisotopic (exact) mass is 415 g/mol. The fraction of sp³-hybridized carbons (Fsp3) is 0.200. The van der Waals surface area contributed by atoms with Crippen molar-refractivity contribution in [3.05, 3.63) is 65.2 Å². The lowest BCUT2D eigenvalue weighted by molar-refractivity contribution is -0.115. The zero-order valence-corrected chi connectivity index (χ0v) is 17.5. The van der Waals surface area contributed by atoms with Crippen LogP contribution in [0.4, 0.5) is 5.69 Å². The van der Waals surface area contributed by atoms with Gasteiger partial charge in [0, 0.05) is 30.7 Å². The van der Waals surface area contributed by atoms with Gasteiger partial charge in [0.2, 0.25) is 15.9 Å². The molecule has 0 atom stereocenters. The topological polar surface area (TPSA) is 79.4 Å². The van der Waals surface area contributed by atoms with Crippen LogP contribution < -0.4 is 5.32 Å². The third-order valence-electron chi connectivity index (χ3n) is 4.11. The molecule has 0 radical (unpaired) electrons. The molecule has 3 aromatic rings. The summed E-state index contributed by atoms with van der Waals surface area (Å²) in [5.74, 6) is -0.205. The number of anilines is 1. The van der Waals surface area contributed by atoms with Gasteiger partial charge in [0.15, 0.2) is 0 Å². The van der Waals surface area contributed by atoms with Crippen molar-refractivity contribution in [3.63, 3.8) is 0 Å². The molecule has 2 aromatic carbocycles. The Bertz CT molecular complexity index is 1070. The molecule has 3 rings (SSSR count). The molecular weight excluding hydrogens is 394 g/mol. The largest absolute Gasteiger partial charge is 0.326 e. The van der Waals surface area contributed by atoms with Gasteiger partial charge < -0.3 is 5.32 Å². The van der Waals surface area contributed by atoms with E-state index in [4.69, 9.17) is 0 Å². The fourth-order valence-electron chi connectivity index (χ4n) is 2.51. The van der Waals surface area contributed by atoms with Crippen molar-refractivity contribution >= 4 is 33.0 Å². The van der Waals surface area contributed by atoms with Gasteiger partial charge in [-0.05, 0) is 31.2 Å². The number of aromatic nitrogens is 1. The van der Waals surface area contributed by atoms with E-state index in [2.05, 4.69) is 10.3 Å². The molecule has 0 aliphatic heterocycles. The fourth-order valence-corrected chi connectivity index (χ4v) is 4.24. The lowest BCUT2D eigenvalue weighted by Crippen LogP contribution is -2.22. The van der Waals surface area contributed by atoms with E-state index >= 15 is 0 Å². The smallest absolute Gasteiger partial charge is 0.242 e. The molecule has 8 heteroatoms. The summed E-state index contributed by atoms with van der Waals surface area (Å²) in [7, 11) is -0.533. The molecule has 1 amide bonds. The molecule has 0 aliphatic carbocycles. The van der Waals surface area contributed by atoms with Crippen LogP contribution in [0.5, 0.6) is 0 Å². The minimum atomic E-state index is -3.49. The summed E-state index contributed by atoms with van der Waals surface area (Å²) in [6.07, 6.45) is 0.153. The Morgan fingerprint density at radius 3 is 2.32 bits per heavy atom. The van der Waals surface area contributed by atoms with Gasteiger partial charge in [-0.15, -0.1) is 11.3 Å². The van der Waals surface area contributed by atoms with E-state index in [-0.39, 0.29) is 17.2 Å². The van der Waals surface area contributed by atoms with Crippen molar-refractivity contribution in [3.8, 4) is 10.6 Å². The van der Waals surface area contributed by atoms with Gasteiger partial charge in [-0.25, -0.2) is 17.7 Å². The predicted molar refractivity (Wildman–Crippen MR) is 112 cm³/mol. The number of sulfonamides is 1. The zero-order valence-electron chi connectivity index (χ0n) is 15.8. The lowest BCUT2D eigenvalue weighted by atomic mass is 10.2. The molecule has 0 saturated carbocycles. The van der Waals surface area contributed by atoms with Gasteiger partial charge in [-0.1, -0.05) is 29.8 Å². The number of nitrogens with one attached hydrogen (secondary N) is 1. The normalized spacial score (nSPS) is 11.6. The number of hydrogen-bond acceptors (Lipinski definition) is 5. The van der Waals surface area contributed by atoms with E-state index < -0.39 is 10.0 Å². The summed E-state index contributed by atoms with van der Waals surface area (Å²) >= 11 is 1.50. The van der Waals surface area contributed by atoms with Gasteiger partial charge in [0.1, 0.15) is 5.01 Å². The van der Waals surface area contributed by atoms with Gasteiger partial charge >= 0.3 is 0 Å². The third kappa shape index (κ3) is 4.64. The molecule has 0 unspecified atom stereocenters. The highest BCUT2D eigenvalue weighted by Gasteiger charge is 2.17. The maximum Gasteiger partial charge on any atom is 0.242 e. The molecule has 1 heterocycles. The Hall–Kier alpha value is -2.55. The van der Waals surface area contributed by atoms with Crippen LogP contribution in [0.2, 0.25) is 0 Å². The maximum absolute atomic E-state index is 12.3. The van der Waals surface area contributed by atoms with Gasteiger partial charge in [-0.3, -0.25) is 4.79 Å². The minimum absolute atomic E-state index is 0.153. The zero-order chi connectivity index (χ0) is 20.3. The first-order valence-corrected chi connectivity index (χ1v) is 10.9. The minimum Gasteiger partial charge on any atom is -0.326 e. The van der Waals surface area contributed by atoms with E-state index in [1.165, 1.54) is 43.1 Å². The highest BCUT2D eigenvalue weighted by Crippen LogP contribution is 2.24. The number of thiazole rings is 1. The highest BCUT2D eigenvalue weighted by atomic mass is 32.2. The maximum atomic E-state index is 12.3. The molecular formula is C20H21N3O3S2. The number of nitrogens with zero attached hydrogens (tertiary/aromatic N) is 2. The second kappa shape index (κ2) is 8.22. The molecule has 0 aliphatic rings. The number of benzene rings is 2. The van der Waals surface area contributed by atoms with Crippen molar-refractivity contribution in [2.24, 2.45) is 0 Å². The Kier molecular flexibility index (Phi) is 5.93. The van der Waals surface area contributed by atoms with E-state index in [0.29, 0.717) is 11.4 Å². The summed E-state index contributed by atoms with van der Waals surface area (Å²) < 4.78 is 25.3. The van der Waals surface area contributed by atoms with E-state index in [1.807, 2.05) is 36.6 Å². The van der Waals surface area contributed by atoms with Gasteiger partial charge in [-0.2, -0.15) is 0 Å². The molecule has 28 heavy (non-hydrogen) atoms. The van der Waals surface area contributed by atoms with E-state index in [9.17, 15) is 13.2 Å². The first-order valence-electron chi connectivity index (χ1n) is 8.59. The van der Waals surface area contributed by atoms with Crippen molar-refractivity contribution in [2.45, 2.75) is 18.2 Å². The van der Waals surface area contributed by atoms with Crippen molar-refractivity contribution < 1.29 is 13.2 Å². The standard InChI is InChI=1S/C20H21N3O3S2/c1-14-4-6-15(7-5-14)20-22-17(13-27-20)12-19(24)21-16-8-10-18(11-9-16)28(25,26)23(2)3/h4-11,13H,12H2,1-3H3,(H,21,24). The second-order valence-electron chi connectivity index (χ2n) is 6.55. The average Bonchev–Trinajstić information content (AvgIpc) is 3.11. The first kappa shape index (κ1) is 20.2. The number of rotatable bonds is 6. The number of hydrogen-bond donors (Lipinski definition) is 1. The Balaban J connectivity index is 1.64. The lowest BCUT2D eigenvalue weighted by Gasteiger charge is -2.11. The van der Waals surface area contributed by atoms with Crippen molar-refractivity contribution in [1.82, 2.24) is 9.29 Å². The van der Waals surface area contributed by atoms with Crippen LogP contribution in [0, 0.1) is 6.92 Å². The van der Waals surface area contributed by atoms with Crippen LogP contribution in [-0.4, -0.2) is 37.7 Å². The van der Waals surface area contributed by atoms with Gasteiger partial charge in [0.25, 0.3) is 0 Å². The quantitative estimate of drug-likeness (QED) is 0.668. The van der Waals surface area contributed by atoms with Crippen molar-refractivity contribution in [1.29, 1.82) is 0 Å². The van der Waals surface area contributed by atoms with Crippen LogP contribution in [0.25, 0.3) is 10.6 Å². The molecule has 146 valence electrons. The first-order chi connectivity index (χ1) is 13.3. The number of carbonyl (C=O) groups excluding carboxylic acids is 1. The van der Waals surface area contributed by atoms with Crippen LogP contribution in [-0.2, 0) is 21.2 Å². The van der Waals surface area contributed by atoms with Crippen LogP contribution in [0.3, 0.4) is 0 Å². The Morgan fingerprint density at radius 1 is 1.07 bits per heavy atom. The van der Waals surface area contributed by atoms with Crippen LogP contribution in [0.1, 0.15) is 11.3 Å². The second-order valence-corrected chi connectivity index (χ2v) is 9.56. The third-order valence-corrected chi connectivity index (χ3v) is 6.88. The Labute approximate surface area is 168 Å². The number of carbonyl (C=O) groups is 1. The number of aryl methyl sites for hydroxylation is 1. The van der Waals surface area contributed by atoms with E-state index in [0.717, 1.165) is 14.9 Å². The van der Waals surface area contributed by atoms with Crippen LogP contribution >= 0.6 is 11.3 Å². The molecule has 1 N–H and O–H groups in total. The molecule has 6 nitrogen and oxygen atoms in total. The summed E-state index contributed by atoms with van der Waals surface area (Å²) in [5.41, 5.74) is 3.45.